The molecule has 5 heteroatoms. The summed E-state index contributed by atoms with van der Waals surface area (Å²) >= 11 is 0. The highest BCUT2D eigenvalue weighted by Gasteiger charge is 2.32. The topological polar surface area (TPSA) is 71.0 Å². The summed E-state index contributed by atoms with van der Waals surface area (Å²) in [7, 11) is 1.62. The highest BCUT2D eigenvalue weighted by atomic mass is 16.5. The number of methoxy groups -OCH3 is 1. The van der Waals surface area contributed by atoms with Gasteiger partial charge in [0.25, 0.3) is 0 Å². The molecule has 0 saturated heterocycles. The molecule has 1 saturated carbocycles. The monoisotopic (exact) mass is 289 g/mol. The quantitative estimate of drug-likeness (QED) is 0.522. The van der Waals surface area contributed by atoms with Gasteiger partial charge in [-0.25, -0.2) is 0 Å². The number of aliphatic hydroxyl groups excluding tert-OH is 1. The van der Waals surface area contributed by atoms with Gasteiger partial charge in [-0.05, 0) is 31.6 Å². The zero-order valence-electron chi connectivity index (χ0n) is 12.9. The predicted molar refractivity (Wildman–Crippen MR) is 78.8 cm³/mol. The molecule has 20 heavy (non-hydrogen) atoms. The van der Waals surface area contributed by atoms with Crippen LogP contribution in [0.2, 0.25) is 0 Å². The fraction of sp³-hybridized carbons (Fsp3) is 1.00. The summed E-state index contributed by atoms with van der Waals surface area (Å²) in [5.41, 5.74) is -0.595. The summed E-state index contributed by atoms with van der Waals surface area (Å²) in [6.07, 6.45) is 4.61. The van der Waals surface area contributed by atoms with Crippen LogP contribution in [-0.2, 0) is 9.47 Å². The molecule has 0 amide bonds. The SMILES string of the molecule is CCC1CCC(O)(CNCC(O)COCCOC)CC1. The number of hydrogen-bond donors (Lipinski definition) is 3. The molecule has 120 valence electrons. The van der Waals surface area contributed by atoms with Gasteiger partial charge in [-0.3, -0.25) is 0 Å². The summed E-state index contributed by atoms with van der Waals surface area (Å²) in [4.78, 5) is 0. The van der Waals surface area contributed by atoms with Crippen LogP contribution in [0.3, 0.4) is 0 Å². The van der Waals surface area contributed by atoms with E-state index in [0.29, 0.717) is 32.9 Å². The van der Waals surface area contributed by atoms with Crippen molar-refractivity contribution in [2.45, 2.75) is 50.7 Å². The lowest BCUT2D eigenvalue weighted by molar-refractivity contribution is -0.0158. The first kappa shape index (κ1) is 17.9. The lowest BCUT2D eigenvalue weighted by Gasteiger charge is -2.36. The molecule has 1 unspecified atom stereocenters. The van der Waals surface area contributed by atoms with E-state index >= 15 is 0 Å². The molecule has 0 aromatic heterocycles. The van der Waals surface area contributed by atoms with E-state index < -0.39 is 11.7 Å². The summed E-state index contributed by atoms with van der Waals surface area (Å²) in [5.74, 6) is 0.773. The van der Waals surface area contributed by atoms with Gasteiger partial charge in [0.2, 0.25) is 0 Å². The van der Waals surface area contributed by atoms with Gasteiger partial charge in [0.05, 0.1) is 31.5 Å². The van der Waals surface area contributed by atoms with Crippen molar-refractivity contribution in [1.82, 2.24) is 5.32 Å². The molecule has 1 atom stereocenters. The third-order valence-corrected chi connectivity index (χ3v) is 4.19. The van der Waals surface area contributed by atoms with Gasteiger partial charge in [-0.2, -0.15) is 0 Å². The Hall–Kier alpha value is -0.200. The first-order valence-corrected chi connectivity index (χ1v) is 7.77. The second-order valence-electron chi connectivity index (χ2n) is 5.93. The van der Waals surface area contributed by atoms with Crippen LogP contribution < -0.4 is 5.32 Å². The number of aliphatic hydroxyl groups is 2. The lowest BCUT2D eigenvalue weighted by Crippen LogP contribution is -2.45. The van der Waals surface area contributed by atoms with Crippen molar-refractivity contribution in [3.63, 3.8) is 0 Å². The van der Waals surface area contributed by atoms with Crippen molar-refractivity contribution in [1.29, 1.82) is 0 Å². The Bertz CT molecular complexity index is 242. The third kappa shape index (κ3) is 6.99. The van der Waals surface area contributed by atoms with Gasteiger partial charge >= 0.3 is 0 Å². The van der Waals surface area contributed by atoms with Crippen LogP contribution in [-0.4, -0.2) is 61.9 Å². The maximum absolute atomic E-state index is 10.5. The first-order valence-electron chi connectivity index (χ1n) is 7.77. The minimum absolute atomic E-state index is 0.298. The fourth-order valence-corrected chi connectivity index (χ4v) is 2.69. The van der Waals surface area contributed by atoms with E-state index in [-0.39, 0.29) is 0 Å². The van der Waals surface area contributed by atoms with Gasteiger partial charge in [-0.1, -0.05) is 13.3 Å². The average molecular weight is 289 g/mol. The number of ether oxygens (including phenoxy) is 2. The van der Waals surface area contributed by atoms with Crippen molar-refractivity contribution in [3.8, 4) is 0 Å². The molecule has 0 aromatic carbocycles. The molecule has 1 aliphatic carbocycles. The Labute approximate surface area is 122 Å². The van der Waals surface area contributed by atoms with E-state index in [2.05, 4.69) is 12.2 Å². The van der Waals surface area contributed by atoms with Crippen LogP contribution >= 0.6 is 0 Å². The van der Waals surface area contributed by atoms with Gasteiger partial charge in [-0.15, -0.1) is 0 Å². The maximum Gasteiger partial charge on any atom is 0.0897 e. The molecule has 0 aromatic rings. The minimum Gasteiger partial charge on any atom is -0.389 e. The van der Waals surface area contributed by atoms with Gasteiger partial charge < -0.3 is 25.0 Å². The second kappa shape index (κ2) is 9.68. The molecule has 0 aliphatic heterocycles. The molecule has 3 N–H and O–H groups in total. The first-order chi connectivity index (χ1) is 9.59. The molecule has 0 spiro atoms. The Morgan fingerprint density at radius 2 is 2.00 bits per heavy atom. The van der Waals surface area contributed by atoms with Crippen molar-refractivity contribution in [2.75, 3.05) is 40.0 Å². The standard InChI is InChI=1S/C15H31NO4/c1-3-13-4-6-15(18,7-5-13)12-16-10-14(17)11-20-9-8-19-2/h13-14,16-18H,3-12H2,1-2H3. The van der Waals surface area contributed by atoms with E-state index in [1.54, 1.807) is 7.11 Å². The van der Waals surface area contributed by atoms with Gasteiger partial charge in [0, 0.05) is 20.2 Å². The van der Waals surface area contributed by atoms with E-state index in [1.807, 2.05) is 0 Å². The third-order valence-electron chi connectivity index (χ3n) is 4.19. The van der Waals surface area contributed by atoms with E-state index in [0.717, 1.165) is 31.6 Å². The normalized spacial score (nSPS) is 28.5. The summed E-state index contributed by atoms with van der Waals surface area (Å²) in [6.45, 7) is 4.55. The molecule has 0 heterocycles. The zero-order chi connectivity index (χ0) is 14.8. The number of nitrogens with one attached hydrogen (secondary N) is 1. The molecule has 0 bridgehead atoms. The van der Waals surface area contributed by atoms with E-state index in [4.69, 9.17) is 9.47 Å². The van der Waals surface area contributed by atoms with Crippen molar-refractivity contribution >= 4 is 0 Å². The average Bonchev–Trinajstić information content (AvgIpc) is 2.44. The highest BCUT2D eigenvalue weighted by Crippen LogP contribution is 2.33. The van der Waals surface area contributed by atoms with Crippen LogP contribution in [0.25, 0.3) is 0 Å². The zero-order valence-corrected chi connectivity index (χ0v) is 12.9. The molecule has 5 nitrogen and oxygen atoms in total. The van der Waals surface area contributed by atoms with E-state index in [9.17, 15) is 10.2 Å². The number of hydrogen-bond acceptors (Lipinski definition) is 5. The lowest BCUT2D eigenvalue weighted by atomic mass is 9.78. The molecule has 0 radical (unpaired) electrons. The molecule has 1 fully saturated rings. The number of rotatable bonds is 10. The predicted octanol–water partition coefficient (Wildman–Crippen LogP) is 0.931. The fourth-order valence-electron chi connectivity index (χ4n) is 2.69. The Morgan fingerprint density at radius 1 is 1.30 bits per heavy atom. The maximum atomic E-state index is 10.5. The molecular formula is C15H31NO4. The van der Waals surface area contributed by atoms with E-state index in [1.165, 1.54) is 6.42 Å². The largest absolute Gasteiger partial charge is 0.389 e. The summed E-state index contributed by atoms with van der Waals surface area (Å²) in [5, 5.41) is 23.3. The Balaban J connectivity index is 2.07. The summed E-state index contributed by atoms with van der Waals surface area (Å²) in [6, 6.07) is 0. The second-order valence-corrected chi connectivity index (χ2v) is 5.93. The Kier molecular flexibility index (Phi) is 8.64. The van der Waals surface area contributed by atoms with Crippen LogP contribution in [0.15, 0.2) is 0 Å². The molecular weight excluding hydrogens is 258 g/mol. The van der Waals surface area contributed by atoms with Crippen LogP contribution in [0.4, 0.5) is 0 Å². The van der Waals surface area contributed by atoms with Crippen LogP contribution in [0, 0.1) is 5.92 Å². The summed E-state index contributed by atoms with van der Waals surface area (Å²) < 4.78 is 10.1. The molecule has 1 rings (SSSR count). The van der Waals surface area contributed by atoms with Gasteiger partial charge in [0.1, 0.15) is 0 Å². The van der Waals surface area contributed by atoms with Crippen molar-refractivity contribution in [2.24, 2.45) is 5.92 Å². The van der Waals surface area contributed by atoms with Crippen LogP contribution in [0.5, 0.6) is 0 Å². The minimum atomic E-state index is -0.595. The van der Waals surface area contributed by atoms with Gasteiger partial charge in [0.15, 0.2) is 0 Å². The Morgan fingerprint density at radius 3 is 2.60 bits per heavy atom. The smallest absolute Gasteiger partial charge is 0.0897 e. The van der Waals surface area contributed by atoms with Crippen molar-refractivity contribution < 1.29 is 19.7 Å². The van der Waals surface area contributed by atoms with Crippen LogP contribution in [0.1, 0.15) is 39.0 Å². The molecule has 1 aliphatic rings. The van der Waals surface area contributed by atoms with Crippen molar-refractivity contribution in [3.05, 3.63) is 0 Å². The highest BCUT2D eigenvalue weighted by molar-refractivity contribution is 4.87.